The first-order valence-electron chi connectivity index (χ1n) is 4.97. The highest BCUT2D eigenvalue weighted by molar-refractivity contribution is 9.10. The van der Waals surface area contributed by atoms with Gasteiger partial charge >= 0.3 is 0 Å². The van der Waals surface area contributed by atoms with Gasteiger partial charge in [0.2, 0.25) is 0 Å². The summed E-state index contributed by atoms with van der Waals surface area (Å²) in [5, 5.41) is 8.24. The molecule has 1 aromatic carbocycles. The highest BCUT2D eigenvalue weighted by Gasteiger charge is 2.08. The molecule has 0 bridgehead atoms. The molecule has 0 amide bonds. The average Bonchev–Trinajstić information content (AvgIpc) is 2.28. The van der Waals surface area contributed by atoms with Crippen LogP contribution in [0.25, 0.3) is 16.6 Å². The van der Waals surface area contributed by atoms with Gasteiger partial charge in [-0.15, -0.1) is 0 Å². The predicted molar refractivity (Wildman–Crippen MR) is 66.2 cm³/mol. The minimum Gasteiger partial charge on any atom is -0.286 e. The average molecular weight is 292 g/mol. The monoisotopic (exact) mass is 291 g/mol. The summed E-state index contributed by atoms with van der Waals surface area (Å²) < 4.78 is 16.0. The Hall–Kier alpha value is -1.75. The van der Waals surface area contributed by atoms with Gasteiger partial charge in [0.15, 0.2) is 0 Å². The number of hydrogen-bond donors (Lipinski definition) is 1. The van der Waals surface area contributed by atoms with Gasteiger partial charge in [0.05, 0.1) is 10.9 Å². The van der Waals surface area contributed by atoms with Crippen LogP contribution in [0.1, 0.15) is 0 Å². The van der Waals surface area contributed by atoms with E-state index in [0.717, 1.165) is 0 Å². The third-order valence-corrected chi connectivity index (χ3v) is 3.04. The van der Waals surface area contributed by atoms with Gasteiger partial charge in [-0.1, -0.05) is 22.0 Å². The number of nitrogens with one attached hydrogen (secondary N) is 1. The third kappa shape index (κ3) is 1.54. The van der Waals surface area contributed by atoms with Crippen LogP contribution in [0.5, 0.6) is 0 Å². The highest BCUT2D eigenvalue weighted by atomic mass is 79.9. The van der Waals surface area contributed by atoms with Gasteiger partial charge in [0.1, 0.15) is 17.0 Å². The molecule has 2 heterocycles. The van der Waals surface area contributed by atoms with Crippen LogP contribution in [0, 0.1) is 11.2 Å². The fourth-order valence-corrected chi connectivity index (χ4v) is 2.26. The van der Waals surface area contributed by atoms with Crippen molar-refractivity contribution in [2.45, 2.75) is 0 Å². The lowest BCUT2D eigenvalue weighted by Gasteiger charge is -2.05. The van der Waals surface area contributed by atoms with E-state index in [1.54, 1.807) is 28.8 Å². The first-order valence-corrected chi connectivity index (χ1v) is 5.77. The Kier molecular flexibility index (Phi) is 2.22. The van der Waals surface area contributed by atoms with Gasteiger partial charge in [-0.25, -0.2) is 9.37 Å². The summed E-state index contributed by atoms with van der Waals surface area (Å²) >= 11 is 3.22. The van der Waals surface area contributed by atoms with Crippen molar-refractivity contribution in [3.63, 3.8) is 0 Å². The third-order valence-electron chi connectivity index (χ3n) is 2.59. The van der Waals surface area contributed by atoms with Gasteiger partial charge in [0, 0.05) is 10.7 Å². The number of fused-ring (bicyclic) bond motifs is 2. The normalized spacial score (nSPS) is 11.2. The van der Waals surface area contributed by atoms with E-state index in [2.05, 4.69) is 20.9 Å². The maximum absolute atomic E-state index is 13.8. The summed E-state index contributed by atoms with van der Waals surface area (Å²) in [6.07, 6.45) is 1.70. The van der Waals surface area contributed by atoms with Crippen LogP contribution in [0.15, 0.2) is 41.0 Å². The lowest BCUT2D eigenvalue weighted by atomic mass is 10.2. The molecule has 0 radical (unpaired) electrons. The molecule has 0 fully saturated rings. The summed E-state index contributed by atoms with van der Waals surface area (Å²) in [5.41, 5.74) is 1.21. The maximum atomic E-state index is 13.8. The molecule has 1 N–H and O–H groups in total. The zero-order valence-corrected chi connectivity index (χ0v) is 10.2. The van der Waals surface area contributed by atoms with E-state index >= 15 is 0 Å². The first kappa shape index (κ1) is 10.4. The van der Waals surface area contributed by atoms with E-state index in [1.165, 1.54) is 6.07 Å². The Bertz CT molecular complexity index is 795. The Labute approximate surface area is 104 Å². The fraction of sp³-hybridized carbons (Fsp3) is 0. The van der Waals surface area contributed by atoms with E-state index in [-0.39, 0.29) is 10.9 Å². The molecule has 17 heavy (non-hydrogen) atoms. The van der Waals surface area contributed by atoms with Crippen molar-refractivity contribution in [3.8, 4) is 0 Å². The van der Waals surface area contributed by atoms with Crippen LogP contribution in [0.3, 0.4) is 0 Å². The number of hydrogen-bond acceptors (Lipinski definition) is 2. The number of rotatable bonds is 0. The number of benzene rings is 1. The fourth-order valence-electron chi connectivity index (χ4n) is 1.84. The molecule has 0 unspecified atom stereocenters. The molecule has 2 aromatic heterocycles. The van der Waals surface area contributed by atoms with Gasteiger partial charge in [-0.3, -0.25) is 9.81 Å². The summed E-state index contributed by atoms with van der Waals surface area (Å²) in [6, 6.07) is 8.47. The standard InChI is InChI=1S/C12H7BrFN3/c13-7-5-8(14)11-9(6-7)16-10-3-1-2-4-17(10)12(11)15/h1-6,15H. The van der Waals surface area contributed by atoms with E-state index in [1.807, 2.05) is 6.07 Å². The second kappa shape index (κ2) is 3.63. The van der Waals surface area contributed by atoms with Crippen LogP contribution in [0.2, 0.25) is 0 Å². The van der Waals surface area contributed by atoms with Crippen molar-refractivity contribution in [1.29, 1.82) is 5.41 Å². The quantitative estimate of drug-likeness (QED) is 0.636. The van der Waals surface area contributed by atoms with E-state index in [0.29, 0.717) is 15.6 Å². The molecule has 84 valence electrons. The van der Waals surface area contributed by atoms with Gasteiger partial charge in [-0.2, -0.15) is 0 Å². The Morgan fingerprint density at radius 2 is 2.12 bits per heavy atom. The molecular formula is C12H7BrFN3. The molecule has 0 aliphatic carbocycles. The molecule has 5 heteroatoms. The van der Waals surface area contributed by atoms with Crippen LogP contribution in [0.4, 0.5) is 4.39 Å². The van der Waals surface area contributed by atoms with E-state index in [4.69, 9.17) is 5.41 Å². The zero-order chi connectivity index (χ0) is 12.0. The number of pyridine rings is 1. The van der Waals surface area contributed by atoms with Crippen molar-refractivity contribution in [2.75, 3.05) is 0 Å². The summed E-state index contributed by atoms with van der Waals surface area (Å²) in [6.45, 7) is 0. The van der Waals surface area contributed by atoms with Crippen molar-refractivity contribution in [3.05, 3.63) is 52.3 Å². The number of aromatic nitrogens is 2. The topological polar surface area (TPSA) is 41.2 Å². The summed E-state index contributed by atoms with van der Waals surface area (Å²) in [7, 11) is 0. The Morgan fingerprint density at radius 3 is 2.94 bits per heavy atom. The largest absolute Gasteiger partial charge is 0.286 e. The molecule has 0 saturated heterocycles. The minimum absolute atomic E-state index is 0.107. The molecule has 0 aliphatic heterocycles. The number of halogens is 2. The van der Waals surface area contributed by atoms with Gasteiger partial charge in [-0.05, 0) is 24.3 Å². The molecule has 3 nitrogen and oxygen atoms in total. The number of nitrogens with zero attached hydrogens (tertiary/aromatic N) is 2. The minimum atomic E-state index is -0.440. The van der Waals surface area contributed by atoms with Crippen LogP contribution in [-0.2, 0) is 0 Å². The van der Waals surface area contributed by atoms with Gasteiger partial charge < -0.3 is 0 Å². The van der Waals surface area contributed by atoms with Crippen LogP contribution >= 0.6 is 15.9 Å². The van der Waals surface area contributed by atoms with Crippen LogP contribution < -0.4 is 5.49 Å². The maximum Gasteiger partial charge on any atom is 0.143 e. The Balaban J connectivity index is 2.64. The summed E-state index contributed by atoms with van der Waals surface area (Å²) in [4.78, 5) is 4.33. The molecule has 0 spiro atoms. The predicted octanol–water partition coefficient (Wildman–Crippen LogP) is 2.87. The van der Waals surface area contributed by atoms with Crippen molar-refractivity contribution < 1.29 is 4.39 Å². The molecule has 0 atom stereocenters. The second-order valence-electron chi connectivity index (χ2n) is 3.67. The first-order chi connectivity index (χ1) is 8.16. The SMILES string of the molecule is N=c1c2c(F)cc(Br)cc2nc2ccccn12. The second-order valence-corrected chi connectivity index (χ2v) is 4.59. The van der Waals surface area contributed by atoms with E-state index in [9.17, 15) is 4.39 Å². The zero-order valence-electron chi connectivity index (χ0n) is 8.61. The molecule has 0 saturated carbocycles. The van der Waals surface area contributed by atoms with Crippen molar-refractivity contribution in [2.24, 2.45) is 0 Å². The molecule has 3 aromatic rings. The molecular weight excluding hydrogens is 285 g/mol. The Morgan fingerprint density at radius 1 is 1.29 bits per heavy atom. The highest BCUT2D eigenvalue weighted by Crippen LogP contribution is 2.19. The summed E-state index contributed by atoms with van der Waals surface area (Å²) in [5.74, 6) is -0.440. The van der Waals surface area contributed by atoms with E-state index < -0.39 is 5.82 Å². The van der Waals surface area contributed by atoms with Gasteiger partial charge in [0.25, 0.3) is 0 Å². The van der Waals surface area contributed by atoms with Crippen molar-refractivity contribution >= 4 is 32.5 Å². The van der Waals surface area contributed by atoms with Crippen LogP contribution in [-0.4, -0.2) is 9.38 Å². The lowest BCUT2D eigenvalue weighted by molar-refractivity contribution is 0.636. The lowest BCUT2D eigenvalue weighted by Crippen LogP contribution is -2.16. The smallest absolute Gasteiger partial charge is 0.143 e. The molecule has 0 aliphatic rings. The molecule has 3 rings (SSSR count). The van der Waals surface area contributed by atoms with Crippen molar-refractivity contribution in [1.82, 2.24) is 9.38 Å².